The second kappa shape index (κ2) is 9.50. The van der Waals surface area contributed by atoms with Crippen molar-refractivity contribution in [2.75, 3.05) is 39.8 Å². The van der Waals surface area contributed by atoms with Gasteiger partial charge in [-0.1, -0.05) is 19.1 Å². The van der Waals surface area contributed by atoms with Crippen LogP contribution in [0.3, 0.4) is 0 Å². The number of hydrogen-bond acceptors (Lipinski definition) is 2. The van der Waals surface area contributed by atoms with Gasteiger partial charge in [0.05, 0.1) is 0 Å². The minimum atomic E-state index is -0.187. The summed E-state index contributed by atoms with van der Waals surface area (Å²) in [6.45, 7) is 7.53. The molecule has 1 unspecified atom stereocenters. The highest BCUT2D eigenvalue weighted by atomic mass is 19.1. The van der Waals surface area contributed by atoms with Gasteiger partial charge >= 0.3 is 0 Å². The van der Waals surface area contributed by atoms with Crippen LogP contribution in [0.1, 0.15) is 25.3 Å². The molecule has 1 saturated heterocycles. The number of rotatable bonds is 6. The molecular formula is C18H29FN4. The van der Waals surface area contributed by atoms with Crippen molar-refractivity contribution in [1.82, 2.24) is 15.5 Å². The van der Waals surface area contributed by atoms with Crippen LogP contribution < -0.4 is 10.6 Å². The van der Waals surface area contributed by atoms with Gasteiger partial charge in [0.15, 0.2) is 5.96 Å². The van der Waals surface area contributed by atoms with E-state index in [1.54, 1.807) is 7.05 Å². The van der Waals surface area contributed by atoms with Crippen LogP contribution in [0.4, 0.5) is 4.39 Å². The number of aliphatic imine (C=N–C) groups is 1. The maximum Gasteiger partial charge on any atom is 0.190 e. The Kier molecular flexibility index (Phi) is 7.33. The van der Waals surface area contributed by atoms with E-state index in [4.69, 9.17) is 0 Å². The molecule has 5 heteroatoms. The van der Waals surface area contributed by atoms with Gasteiger partial charge < -0.3 is 15.5 Å². The summed E-state index contributed by atoms with van der Waals surface area (Å²) < 4.78 is 12.9. The highest BCUT2D eigenvalue weighted by molar-refractivity contribution is 5.79. The van der Waals surface area contributed by atoms with Crippen molar-refractivity contribution in [3.8, 4) is 0 Å². The number of hydrogen-bond donors (Lipinski definition) is 2. The number of piperidine rings is 1. The van der Waals surface area contributed by atoms with Gasteiger partial charge in [-0.3, -0.25) is 4.99 Å². The molecule has 1 fully saturated rings. The van der Waals surface area contributed by atoms with Gasteiger partial charge in [-0.25, -0.2) is 4.39 Å². The van der Waals surface area contributed by atoms with E-state index < -0.39 is 0 Å². The van der Waals surface area contributed by atoms with Crippen LogP contribution in [0.15, 0.2) is 29.3 Å². The van der Waals surface area contributed by atoms with Crippen LogP contribution in [0, 0.1) is 11.7 Å². The Bertz CT molecular complexity index is 486. The zero-order valence-electron chi connectivity index (χ0n) is 14.3. The Morgan fingerprint density at radius 1 is 1.30 bits per heavy atom. The van der Waals surface area contributed by atoms with Gasteiger partial charge in [-0.05, 0) is 56.0 Å². The predicted octanol–water partition coefficient (Wildman–Crippen LogP) is 2.27. The zero-order chi connectivity index (χ0) is 16.5. The van der Waals surface area contributed by atoms with E-state index in [0.29, 0.717) is 5.92 Å². The molecular weight excluding hydrogens is 291 g/mol. The zero-order valence-corrected chi connectivity index (χ0v) is 14.3. The lowest BCUT2D eigenvalue weighted by atomic mass is 9.98. The van der Waals surface area contributed by atoms with Gasteiger partial charge in [0.2, 0.25) is 0 Å². The molecule has 0 spiro atoms. The minimum Gasteiger partial charge on any atom is -0.356 e. The average molecular weight is 320 g/mol. The van der Waals surface area contributed by atoms with E-state index in [9.17, 15) is 4.39 Å². The van der Waals surface area contributed by atoms with Crippen molar-refractivity contribution in [1.29, 1.82) is 0 Å². The van der Waals surface area contributed by atoms with Gasteiger partial charge in [0.1, 0.15) is 5.82 Å². The number of guanidine groups is 1. The normalized spacial score (nSPS) is 19.6. The van der Waals surface area contributed by atoms with Crippen LogP contribution in [0.2, 0.25) is 0 Å². The molecule has 0 bridgehead atoms. The fourth-order valence-electron chi connectivity index (χ4n) is 3.04. The maximum absolute atomic E-state index is 12.9. The minimum absolute atomic E-state index is 0.187. The van der Waals surface area contributed by atoms with Crippen LogP contribution in [0.25, 0.3) is 0 Å². The topological polar surface area (TPSA) is 39.7 Å². The van der Waals surface area contributed by atoms with E-state index in [0.717, 1.165) is 37.6 Å². The summed E-state index contributed by atoms with van der Waals surface area (Å²) in [6.07, 6.45) is 3.43. The van der Waals surface area contributed by atoms with E-state index >= 15 is 0 Å². The SMILES string of the molecule is CCN1CCCC(CNC(=NC)NCCc2ccc(F)cc2)C1. The number of nitrogens with zero attached hydrogens (tertiary/aromatic N) is 2. The van der Waals surface area contributed by atoms with Crippen molar-refractivity contribution >= 4 is 5.96 Å². The molecule has 0 amide bonds. The molecule has 23 heavy (non-hydrogen) atoms. The lowest BCUT2D eigenvalue weighted by Crippen LogP contribution is -2.44. The van der Waals surface area contributed by atoms with Gasteiger partial charge in [-0.2, -0.15) is 0 Å². The van der Waals surface area contributed by atoms with Crippen LogP contribution in [-0.4, -0.2) is 50.6 Å². The summed E-state index contributed by atoms with van der Waals surface area (Å²) in [4.78, 5) is 6.79. The molecule has 4 nitrogen and oxygen atoms in total. The summed E-state index contributed by atoms with van der Waals surface area (Å²) in [5.41, 5.74) is 1.13. The Morgan fingerprint density at radius 3 is 2.78 bits per heavy atom. The second-order valence-electron chi connectivity index (χ2n) is 6.16. The van der Waals surface area contributed by atoms with Gasteiger partial charge in [0, 0.05) is 26.7 Å². The summed E-state index contributed by atoms with van der Waals surface area (Å²) in [6, 6.07) is 6.67. The third-order valence-electron chi connectivity index (χ3n) is 4.45. The van der Waals surface area contributed by atoms with Gasteiger partial charge in [-0.15, -0.1) is 0 Å². The maximum atomic E-state index is 12.9. The van der Waals surface area contributed by atoms with E-state index in [1.165, 1.54) is 38.1 Å². The molecule has 1 aliphatic rings. The molecule has 1 aromatic carbocycles. The lowest BCUT2D eigenvalue weighted by Gasteiger charge is -2.32. The molecule has 1 aromatic rings. The molecule has 128 valence electrons. The van der Waals surface area contributed by atoms with E-state index in [2.05, 4.69) is 27.4 Å². The van der Waals surface area contributed by atoms with Crippen molar-refractivity contribution in [2.24, 2.45) is 10.9 Å². The third-order valence-corrected chi connectivity index (χ3v) is 4.45. The average Bonchev–Trinajstić information content (AvgIpc) is 2.59. The molecule has 0 radical (unpaired) electrons. The first-order valence-electron chi connectivity index (χ1n) is 8.62. The monoisotopic (exact) mass is 320 g/mol. The molecule has 2 rings (SSSR count). The van der Waals surface area contributed by atoms with Crippen molar-refractivity contribution < 1.29 is 4.39 Å². The quantitative estimate of drug-likeness (QED) is 0.624. The molecule has 0 aromatic heterocycles. The molecule has 0 saturated carbocycles. The van der Waals surface area contributed by atoms with Crippen molar-refractivity contribution in [3.63, 3.8) is 0 Å². The van der Waals surface area contributed by atoms with Gasteiger partial charge in [0.25, 0.3) is 0 Å². The Hall–Kier alpha value is -1.62. The molecule has 2 N–H and O–H groups in total. The van der Waals surface area contributed by atoms with E-state index in [-0.39, 0.29) is 5.82 Å². The fraction of sp³-hybridized carbons (Fsp3) is 0.611. The number of likely N-dealkylation sites (tertiary alicyclic amines) is 1. The Labute approximate surface area is 139 Å². The molecule has 1 heterocycles. The summed E-state index contributed by atoms with van der Waals surface area (Å²) in [5.74, 6) is 1.35. The Balaban J connectivity index is 1.68. The lowest BCUT2D eigenvalue weighted by molar-refractivity contribution is 0.183. The number of benzene rings is 1. The number of halogens is 1. The van der Waals surface area contributed by atoms with E-state index in [1.807, 2.05) is 12.1 Å². The first-order valence-corrected chi connectivity index (χ1v) is 8.62. The molecule has 1 aliphatic heterocycles. The third kappa shape index (κ3) is 6.18. The van der Waals surface area contributed by atoms with Crippen LogP contribution in [-0.2, 0) is 6.42 Å². The predicted molar refractivity (Wildman–Crippen MR) is 94.3 cm³/mol. The summed E-state index contributed by atoms with van der Waals surface area (Å²) >= 11 is 0. The molecule has 0 aliphatic carbocycles. The highest BCUT2D eigenvalue weighted by Gasteiger charge is 2.18. The van der Waals surface area contributed by atoms with Crippen molar-refractivity contribution in [2.45, 2.75) is 26.2 Å². The van der Waals surface area contributed by atoms with Crippen LogP contribution >= 0.6 is 0 Å². The highest BCUT2D eigenvalue weighted by Crippen LogP contribution is 2.15. The standard InChI is InChI=1S/C18H29FN4/c1-3-23-12-4-5-16(14-23)13-22-18(20-2)21-11-10-15-6-8-17(19)9-7-15/h6-9,16H,3-5,10-14H2,1-2H3,(H2,20,21,22). The first kappa shape index (κ1) is 17.7. The number of nitrogens with one attached hydrogen (secondary N) is 2. The van der Waals surface area contributed by atoms with Crippen LogP contribution in [0.5, 0.6) is 0 Å². The summed E-state index contributed by atoms with van der Waals surface area (Å²) in [5, 5.41) is 6.76. The first-order chi connectivity index (χ1) is 11.2. The van der Waals surface area contributed by atoms with Crippen molar-refractivity contribution in [3.05, 3.63) is 35.6 Å². The second-order valence-corrected chi connectivity index (χ2v) is 6.16. The largest absolute Gasteiger partial charge is 0.356 e. The fourth-order valence-corrected chi connectivity index (χ4v) is 3.04. The smallest absolute Gasteiger partial charge is 0.190 e. The summed E-state index contributed by atoms with van der Waals surface area (Å²) in [7, 11) is 1.80. The Morgan fingerprint density at radius 2 is 2.09 bits per heavy atom. The molecule has 1 atom stereocenters.